The normalized spacial score (nSPS) is 14.0. The third-order valence-electron chi connectivity index (χ3n) is 5.12. The van der Waals surface area contributed by atoms with Gasteiger partial charge < -0.3 is 10.6 Å². The van der Waals surface area contributed by atoms with Crippen LogP contribution >= 0.6 is 23.4 Å². The molecule has 2 amide bonds. The molecule has 0 aromatic heterocycles. The molecule has 1 saturated carbocycles. The van der Waals surface area contributed by atoms with Gasteiger partial charge in [0.05, 0.1) is 0 Å². The maximum absolute atomic E-state index is 13.2. The fourth-order valence-corrected chi connectivity index (χ4v) is 4.37. The Morgan fingerprint density at radius 1 is 0.968 bits per heavy atom. The number of benzene rings is 3. The van der Waals surface area contributed by atoms with Gasteiger partial charge in [0.1, 0.15) is 5.25 Å². The van der Waals surface area contributed by atoms with Gasteiger partial charge in [0, 0.05) is 27.2 Å². The molecule has 1 aliphatic carbocycles. The number of thioether (sulfide) groups is 1. The summed E-state index contributed by atoms with van der Waals surface area (Å²) in [6.07, 6.45) is 1.94. The number of amides is 2. The molecule has 1 aliphatic rings. The molecule has 1 atom stereocenters. The van der Waals surface area contributed by atoms with Crippen LogP contribution in [0.15, 0.2) is 77.7 Å². The molecule has 0 saturated heterocycles. The number of hydrogen-bond acceptors (Lipinski definition) is 3. The Balaban J connectivity index is 1.52. The molecule has 6 heteroatoms. The fourth-order valence-electron chi connectivity index (χ4n) is 3.17. The number of carbonyl (C=O) groups excluding carboxylic acids is 2. The van der Waals surface area contributed by atoms with Gasteiger partial charge in [0.25, 0.3) is 0 Å². The fraction of sp³-hybridized carbons (Fsp3) is 0.200. The molecule has 3 aromatic carbocycles. The van der Waals surface area contributed by atoms with E-state index >= 15 is 0 Å². The van der Waals surface area contributed by atoms with Gasteiger partial charge in [-0.2, -0.15) is 0 Å². The van der Waals surface area contributed by atoms with Crippen molar-refractivity contribution in [2.24, 2.45) is 5.92 Å². The van der Waals surface area contributed by atoms with E-state index in [1.807, 2.05) is 67.6 Å². The van der Waals surface area contributed by atoms with Gasteiger partial charge in [-0.15, -0.1) is 11.8 Å². The van der Waals surface area contributed by atoms with Crippen LogP contribution in [0.4, 0.5) is 11.4 Å². The zero-order chi connectivity index (χ0) is 21.8. The third kappa shape index (κ3) is 5.69. The highest BCUT2D eigenvalue weighted by Crippen LogP contribution is 2.37. The topological polar surface area (TPSA) is 58.2 Å². The van der Waals surface area contributed by atoms with Gasteiger partial charge in [0.15, 0.2) is 0 Å². The summed E-state index contributed by atoms with van der Waals surface area (Å²) < 4.78 is 0. The summed E-state index contributed by atoms with van der Waals surface area (Å²) in [7, 11) is 0. The Labute approximate surface area is 191 Å². The first-order chi connectivity index (χ1) is 15.0. The Kier molecular flexibility index (Phi) is 6.64. The predicted molar refractivity (Wildman–Crippen MR) is 128 cm³/mol. The third-order valence-corrected chi connectivity index (χ3v) is 6.62. The lowest BCUT2D eigenvalue weighted by Gasteiger charge is -2.18. The largest absolute Gasteiger partial charge is 0.326 e. The van der Waals surface area contributed by atoms with Crippen molar-refractivity contribution < 1.29 is 9.59 Å². The summed E-state index contributed by atoms with van der Waals surface area (Å²) in [6, 6.07) is 22.8. The van der Waals surface area contributed by atoms with Crippen molar-refractivity contribution in [1.29, 1.82) is 0 Å². The number of rotatable bonds is 7. The molecule has 1 fully saturated rings. The average molecular weight is 451 g/mol. The second-order valence-electron chi connectivity index (χ2n) is 7.64. The number of carbonyl (C=O) groups is 2. The molecule has 31 heavy (non-hydrogen) atoms. The second-order valence-corrected chi connectivity index (χ2v) is 9.26. The van der Waals surface area contributed by atoms with Gasteiger partial charge in [-0.1, -0.05) is 48.0 Å². The van der Waals surface area contributed by atoms with E-state index in [9.17, 15) is 9.59 Å². The standard InChI is InChI=1S/C25H23ClN2O2S/c1-16-7-10-19(26)15-22(16)28-25(30)23(17-5-3-2-4-6-17)31-21-13-11-20(12-14-21)27-24(29)18-8-9-18/h2-7,10-15,18,23H,8-9H2,1H3,(H,27,29)(H,28,30). The summed E-state index contributed by atoms with van der Waals surface area (Å²) in [5.74, 6) is 0.127. The first-order valence-corrected chi connectivity index (χ1v) is 11.4. The highest BCUT2D eigenvalue weighted by molar-refractivity contribution is 8.00. The van der Waals surface area contributed by atoms with Crippen LogP contribution in [0.3, 0.4) is 0 Å². The van der Waals surface area contributed by atoms with Crippen LogP contribution < -0.4 is 10.6 Å². The van der Waals surface area contributed by atoms with Crippen molar-refractivity contribution >= 4 is 46.6 Å². The van der Waals surface area contributed by atoms with E-state index in [0.717, 1.165) is 34.6 Å². The lowest BCUT2D eigenvalue weighted by atomic mass is 10.1. The van der Waals surface area contributed by atoms with Gasteiger partial charge in [-0.3, -0.25) is 9.59 Å². The number of hydrogen-bond donors (Lipinski definition) is 2. The number of halogens is 1. The van der Waals surface area contributed by atoms with Crippen LogP contribution in [0.1, 0.15) is 29.2 Å². The highest BCUT2D eigenvalue weighted by atomic mass is 35.5. The van der Waals surface area contributed by atoms with E-state index in [-0.39, 0.29) is 17.7 Å². The van der Waals surface area contributed by atoms with Crippen LogP contribution in [0.25, 0.3) is 0 Å². The molecule has 0 aliphatic heterocycles. The summed E-state index contributed by atoms with van der Waals surface area (Å²) >= 11 is 7.58. The van der Waals surface area contributed by atoms with Gasteiger partial charge in [-0.05, 0) is 67.3 Å². The van der Waals surface area contributed by atoms with Gasteiger partial charge in [-0.25, -0.2) is 0 Å². The van der Waals surface area contributed by atoms with Crippen LogP contribution in [0.5, 0.6) is 0 Å². The van der Waals surface area contributed by atoms with Crippen molar-refractivity contribution in [1.82, 2.24) is 0 Å². The van der Waals surface area contributed by atoms with Crippen LogP contribution in [-0.4, -0.2) is 11.8 Å². The Morgan fingerprint density at radius 3 is 2.35 bits per heavy atom. The first-order valence-electron chi connectivity index (χ1n) is 10.2. The maximum atomic E-state index is 13.2. The predicted octanol–water partition coefficient (Wildman–Crippen LogP) is 6.47. The molecular weight excluding hydrogens is 428 g/mol. The van der Waals surface area contributed by atoms with E-state index < -0.39 is 5.25 Å². The average Bonchev–Trinajstić information content (AvgIpc) is 3.62. The van der Waals surface area contributed by atoms with Crippen LogP contribution in [0.2, 0.25) is 5.02 Å². The van der Waals surface area contributed by atoms with Crippen LogP contribution in [-0.2, 0) is 9.59 Å². The molecule has 0 bridgehead atoms. The molecule has 158 valence electrons. The summed E-state index contributed by atoms with van der Waals surface area (Å²) in [4.78, 5) is 26.1. The molecule has 0 radical (unpaired) electrons. The second kappa shape index (κ2) is 9.58. The Bertz CT molecular complexity index is 1080. The molecule has 3 aromatic rings. The smallest absolute Gasteiger partial charge is 0.242 e. The van der Waals surface area contributed by atoms with E-state index in [0.29, 0.717) is 10.7 Å². The van der Waals surface area contributed by atoms with Gasteiger partial charge in [0.2, 0.25) is 11.8 Å². The zero-order valence-electron chi connectivity index (χ0n) is 17.1. The van der Waals surface area contributed by atoms with Crippen LogP contribution in [0, 0.1) is 12.8 Å². The molecule has 4 rings (SSSR count). The quantitative estimate of drug-likeness (QED) is 0.405. The lowest BCUT2D eigenvalue weighted by Crippen LogP contribution is -2.19. The lowest BCUT2D eigenvalue weighted by molar-refractivity contribution is -0.117. The molecule has 0 spiro atoms. The molecule has 0 heterocycles. The molecule has 2 N–H and O–H groups in total. The minimum Gasteiger partial charge on any atom is -0.326 e. The maximum Gasteiger partial charge on any atom is 0.242 e. The van der Waals surface area contributed by atoms with Crippen molar-refractivity contribution in [3.05, 3.63) is 88.9 Å². The zero-order valence-corrected chi connectivity index (χ0v) is 18.7. The summed E-state index contributed by atoms with van der Waals surface area (Å²) in [6.45, 7) is 1.94. The van der Waals surface area contributed by atoms with Crippen molar-refractivity contribution in [2.75, 3.05) is 10.6 Å². The molecule has 4 nitrogen and oxygen atoms in total. The number of aryl methyl sites for hydroxylation is 1. The number of anilines is 2. The number of nitrogens with one attached hydrogen (secondary N) is 2. The minimum atomic E-state index is -0.438. The van der Waals surface area contributed by atoms with Crippen molar-refractivity contribution in [3.8, 4) is 0 Å². The summed E-state index contributed by atoms with van der Waals surface area (Å²) in [5.41, 5.74) is 3.34. The monoisotopic (exact) mass is 450 g/mol. The van der Waals surface area contributed by atoms with E-state index in [4.69, 9.17) is 11.6 Å². The SMILES string of the molecule is Cc1ccc(Cl)cc1NC(=O)C(Sc1ccc(NC(=O)C2CC2)cc1)c1ccccc1. The minimum absolute atomic E-state index is 0.0823. The van der Waals surface area contributed by atoms with E-state index in [2.05, 4.69) is 10.6 Å². The Hall–Kier alpha value is -2.76. The van der Waals surface area contributed by atoms with Crippen molar-refractivity contribution in [3.63, 3.8) is 0 Å². The van der Waals surface area contributed by atoms with E-state index in [1.165, 1.54) is 11.8 Å². The summed E-state index contributed by atoms with van der Waals surface area (Å²) in [5, 5.41) is 6.11. The van der Waals surface area contributed by atoms with E-state index in [1.54, 1.807) is 12.1 Å². The first kappa shape index (κ1) is 21.5. The van der Waals surface area contributed by atoms with Crippen molar-refractivity contribution in [2.45, 2.75) is 29.9 Å². The Morgan fingerprint density at radius 2 is 1.68 bits per heavy atom. The molecular formula is C25H23ClN2O2S. The van der Waals surface area contributed by atoms with Gasteiger partial charge >= 0.3 is 0 Å². The highest BCUT2D eigenvalue weighted by Gasteiger charge is 2.29. The molecule has 1 unspecified atom stereocenters.